The van der Waals surface area contributed by atoms with Gasteiger partial charge in [-0.05, 0) is 24.3 Å². The summed E-state index contributed by atoms with van der Waals surface area (Å²) in [5.74, 6) is -1.45. The molecule has 3 aromatic rings. The van der Waals surface area contributed by atoms with Crippen molar-refractivity contribution in [3.63, 3.8) is 0 Å². The molecule has 126 valence electrons. The minimum absolute atomic E-state index is 0.0567. The van der Waals surface area contributed by atoms with E-state index in [1.54, 1.807) is 42.5 Å². The number of carbonyl (C=O) groups is 2. The van der Waals surface area contributed by atoms with Crippen LogP contribution in [0.4, 0.5) is 10.1 Å². The zero-order valence-corrected chi connectivity index (χ0v) is 13.1. The lowest BCUT2D eigenvalue weighted by atomic mass is 10.1. The van der Waals surface area contributed by atoms with Gasteiger partial charge < -0.3 is 15.1 Å². The van der Waals surface area contributed by atoms with Crippen molar-refractivity contribution in [2.24, 2.45) is 0 Å². The minimum atomic E-state index is -1.16. The van der Waals surface area contributed by atoms with E-state index in [1.165, 1.54) is 30.5 Å². The Bertz CT molecular complexity index is 863. The number of hydrogen-bond donors (Lipinski definition) is 2. The van der Waals surface area contributed by atoms with Crippen LogP contribution >= 0.6 is 0 Å². The molecule has 1 atom stereocenters. The van der Waals surface area contributed by atoms with E-state index in [9.17, 15) is 14.0 Å². The molecule has 0 saturated heterocycles. The summed E-state index contributed by atoms with van der Waals surface area (Å²) in [6, 6.07) is 17.4. The van der Waals surface area contributed by atoms with Crippen molar-refractivity contribution >= 4 is 17.4 Å². The Kier molecular flexibility index (Phi) is 4.89. The molecule has 0 saturated carbocycles. The van der Waals surface area contributed by atoms with Crippen molar-refractivity contribution in [3.8, 4) is 0 Å². The zero-order chi connectivity index (χ0) is 17.6. The Morgan fingerprint density at radius 3 is 2.32 bits per heavy atom. The summed E-state index contributed by atoms with van der Waals surface area (Å²) in [6.07, 6.45) is 0.199. The van der Waals surface area contributed by atoms with Crippen LogP contribution in [0.15, 0.2) is 77.4 Å². The van der Waals surface area contributed by atoms with Gasteiger partial charge in [0, 0.05) is 5.56 Å². The number of para-hydroxylation sites is 1. The van der Waals surface area contributed by atoms with Crippen molar-refractivity contribution in [2.75, 3.05) is 5.32 Å². The van der Waals surface area contributed by atoms with Gasteiger partial charge in [-0.15, -0.1) is 0 Å². The molecule has 2 N–H and O–H groups in total. The molecule has 2 aromatic carbocycles. The molecular formula is C19H15FN2O3. The first-order valence-electron chi connectivity index (χ1n) is 7.60. The number of anilines is 1. The summed E-state index contributed by atoms with van der Waals surface area (Å²) in [6.45, 7) is 0. The van der Waals surface area contributed by atoms with E-state index in [0.29, 0.717) is 5.56 Å². The van der Waals surface area contributed by atoms with Gasteiger partial charge in [-0.3, -0.25) is 9.59 Å². The summed E-state index contributed by atoms with van der Waals surface area (Å²) < 4.78 is 19.0. The fourth-order valence-electron chi connectivity index (χ4n) is 2.28. The maximum absolute atomic E-state index is 13.9. The third-order valence-electron chi connectivity index (χ3n) is 3.51. The molecule has 0 bridgehead atoms. The van der Waals surface area contributed by atoms with Crippen molar-refractivity contribution < 1.29 is 18.4 Å². The number of ketones is 1. The van der Waals surface area contributed by atoms with Gasteiger partial charge >= 0.3 is 0 Å². The SMILES string of the molecule is O=C(N[C@H](Nc1ccccc1F)C(=O)c1ccccc1)c1ccco1. The molecular weight excluding hydrogens is 323 g/mol. The van der Waals surface area contributed by atoms with Gasteiger partial charge in [0.25, 0.3) is 5.91 Å². The van der Waals surface area contributed by atoms with Crippen molar-refractivity contribution in [1.82, 2.24) is 5.32 Å². The molecule has 1 heterocycles. The number of benzene rings is 2. The quantitative estimate of drug-likeness (QED) is 0.533. The highest BCUT2D eigenvalue weighted by molar-refractivity contribution is 6.04. The van der Waals surface area contributed by atoms with Crippen LogP contribution in [-0.4, -0.2) is 17.9 Å². The molecule has 3 rings (SSSR count). The zero-order valence-electron chi connectivity index (χ0n) is 13.1. The van der Waals surface area contributed by atoms with E-state index < -0.39 is 23.7 Å². The molecule has 1 aromatic heterocycles. The molecule has 5 nitrogen and oxygen atoms in total. The smallest absolute Gasteiger partial charge is 0.288 e. The summed E-state index contributed by atoms with van der Waals surface area (Å²) in [4.78, 5) is 25.0. The first kappa shape index (κ1) is 16.4. The second kappa shape index (κ2) is 7.44. The first-order valence-corrected chi connectivity index (χ1v) is 7.60. The summed E-state index contributed by atoms with van der Waals surface area (Å²) in [5, 5.41) is 5.27. The van der Waals surface area contributed by atoms with Crippen LogP contribution in [-0.2, 0) is 0 Å². The highest BCUT2D eigenvalue weighted by Gasteiger charge is 2.24. The number of halogens is 1. The van der Waals surface area contributed by atoms with Crippen LogP contribution in [0.1, 0.15) is 20.9 Å². The Hall–Kier alpha value is -3.41. The molecule has 0 radical (unpaired) electrons. The van der Waals surface area contributed by atoms with Gasteiger partial charge in [0.2, 0.25) is 5.78 Å². The van der Waals surface area contributed by atoms with E-state index in [4.69, 9.17) is 4.42 Å². The molecule has 0 aliphatic heterocycles. The Labute approximate surface area is 143 Å². The molecule has 0 aliphatic rings. The predicted octanol–water partition coefficient (Wildman–Crippen LogP) is 3.47. The number of rotatable bonds is 6. The number of furan rings is 1. The third kappa shape index (κ3) is 3.92. The van der Waals surface area contributed by atoms with Crippen LogP contribution in [0.25, 0.3) is 0 Å². The highest BCUT2D eigenvalue weighted by atomic mass is 19.1. The lowest BCUT2D eigenvalue weighted by molar-refractivity contribution is 0.0852. The normalized spacial score (nSPS) is 11.6. The molecule has 0 spiro atoms. The number of carbonyl (C=O) groups excluding carboxylic acids is 2. The van der Waals surface area contributed by atoms with Gasteiger partial charge in [0.1, 0.15) is 5.82 Å². The maximum Gasteiger partial charge on any atom is 0.288 e. The van der Waals surface area contributed by atoms with Gasteiger partial charge in [0.15, 0.2) is 11.9 Å². The molecule has 1 amide bonds. The van der Waals surface area contributed by atoms with Gasteiger partial charge in [-0.25, -0.2) is 4.39 Å². The van der Waals surface area contributed by atoms with E-state index in [2.05, 4.69) is 10.6 Å². The van der Waals surface area contributed by atoms with E-state index in [-0.39, 0.29) is 11.4 Å². The monoisotopic (exact) mass is 338 g/mol. The Morgan fingerprint density at radius 1 is 0.920 bits per heavy atom. The topological polar surface area (TPSA) is 71.3 Å². The average Bonchev–Trinajstić information content (AvgIpc) is 3.18. The fraction of sp³-hybridized carbons (Fsp3) is 0.0526. The summed E-state index contributed by atoms with van der Waals surface area (Å²) >= 11 is 0. The number of hydrogen-bond acceptors (Lipinski definition) is 4. The van der Waals surface area contributed by atoms with Crippen LogP contribution in [0.2, 0.25) is 0 Å². The lowest BCUT2D eigenvalue weighted by Gasteiger charge is -2.20. The largest absolute Gasteiger partial charge is 0.459 e. The molecule has 0 aliphatic carbocycles. The second-order valence-corrected chi connectivity index (χ2v) is 5.24. The first-order chi connectivity index (χ1) is 12.1. The van der Waals surface area contributed by atoms with Crippen molar-refractivity contribution in [2.45, 2.75) is 6.17 Å². The minimum Gasteiger partial charge on any atom is -0.459 e. The molecule has 25 heavy (non-hydrogen) atoms. The second-order valence-electron chi connectivity index (χ2n) is 5.24. The van der Waals surface area contributed by atoms with E-state index in [1.807, 2.05) is 0 Å². The Morgan fingerprint density at radius 2 is 1.64 bits per heavy atom. The van der Waals surface area contributed by atoms with Crippen molar-refractivity contribution in [3.05, 3.63) is 90.1 Å². The highest BCUT2D eigenvalue weighted by Crippen LogP contribution is 2.15. The van der Waals surface area contributed by atoms with E-state index in [0.717, 1.165) is 0 Å². The van der Waals surface area contributed by atoms with Crippen LogP contribution in [0.3, 0.4) is 0 Å². The van der Waals surface area contributed by atoms with Crippen LogP contribution < -0.4 is 10.6 Å². The summed E-state index contributed by atoms with van der Waals surface area (Å²) in [7, 11) is 0. The number of amides is 1. The van der Waals surface area contributed by atoms with Gasteiger partial charge in [-0.1, -0.05) is 42.5 Å². The third-order valence-corrected chi connectivity index (χ3v) is 3.51. The lowest BCUT2D eigenvalue weighted by Crippen LogP contribution is -2.46. The van der Waals surface area contributed by atoms with Crippen molar-refractivity contribution in [1.29, 1.82) is 0 Å². The van der Waals surface area contributed by atoms with Gasteiger partial charge in [-0.2, -0.15) is 0 Å². The molecule has 0 unspecified atom stereocenters. The summed E-state index contributed by atoms with van der Waals surface area (Å²) in [5.41, 5.74) is 0.493. The van der Waals surface area contributed by atoms with Crippen LogP contribution in [0.5, 0.6) is 0 Å². The average molecular weight is 338 g/mol. The number of Topliss-reactive ketones (excluding diaryl/α,β-unsaturated/α-hetero) is 1. The van der Waals surface area contributed by atoms with E-state index >= 15 is 0 Å². The van der Waals surface area contributed by atoms with Crippen LogP contribution in [0, 0.1) is 5.82 Å². The molecule has 6 heteroatoms. The Balaban J connectivity index is 1.86. The molecule has 0 fully saturated rings. The number of nitrogens with one attached hydrogen (secondary N) is 2. The predicted molar refractivity (Wildman–Crippen MR) is 90.8 cm³/mol. The maximum atomic E-state index is 13.9. The fourth-order valence-corrected chi connectivity index (χ4v) is 2.28. The standard InChI is InChI=1S/C19H15FN2O3/c20-14-9-4-5-10-15(14)21-18(17(23)13-7-2-1-3-8-13)22-19(24)16-11-6-12-25-16/h1-12,18,21H,(H,22,24)/t18-/m0/s1. The van der Waals surface area contributed by atoms with Gasteiger partial charge in [0.05, 0.1) is 12.0 Å².